The number of hydrogen-bond donors (Lipinski definition) is 2. The Morgan fingerprint density at radius 2 is 1.91 bits per heavy atom. The van der Waals surface area contributed by atoms with Crippen LogP contribution in [0.4, 0.5) is 10.2 Å². The van der Waals surface area contributed by atoms with Gasteiger partial charge in [-0.3, -0.25) is 4.68 Å². The first kappa shape index (κ1) is 26.5. The molecule has 0 unspecified atom stereocenters. The van der Waals surface area contributed by atoms with Crippen molar-refractivity contribution in [2.24, 2.45) is 0 Å². The van der Waals surface area contributed by atoms with E-state index in [1.54, 1.807) is 19.2 Å². The van der Waals surface area contributed by atoms with Gasteiger partial charge in [-0.25, -0.2) is 9.37 Å². The third-order valence-electron chi connectivity index (χ3n) is 5.29. The average Bonchev–Trinajstić information content (AvgIpc) is 3.24. The van der Waals surface area contributed by atoms with Crippen molar-refractivity contribution in [2.45, 2.75) is 31.9 Å². The van der Waals surface area contributed by atoms with Gasteiger partial charge in [-0.2, -0.15) is 5.10 Å². The molecular weight excluding hydrogens is 499 g/mol. The monoisotopic (exact) mass is 521 g/mol. The number of aromatic nitrogens is 3. The Hall–Kier alpha value is -1.77. The van der Waals surface area contributed by atoms with Crippen molar-refractivity contribution in [1.82, 2.24) is 20.1 Å². The van der Waals surface area contributed by atoms with Gasteiger partial charge in [0.25, 0.3) is 0 Å². The van der Waals surface area contributed by atoms with E-state index >= 15 is 0 Å². The van der Waals surface area contributed by atoms with Crippen molar-refractivity contribution in [3.63, 3.8) is 0 Å². The maximum absolute atomic E-state index is 13.9. The molecule has 1 aromatic carbocycles. The smallest absolute Gasteiger partial charge is 0.166 e. The zero-order chi connectivity index (χ0) is 21.3. The van der Waals surface area contributed by atoms with Crippen LogP contribution in [0, 0.1) is 5.82 Å². The van der Waals surface area contributed by atoms with Crippen LogP contribution in [0.2, 0.25) is 10.0 Å². The molecule has 3 aromatic rings. The van der Waals surface area contributed by atoms with Crippen molar-refractivity contribution < 1.29 is 9.13 Å². The van der Waals surface area contributed by atoms with Crippen LogP contribution in [-0.2, 0) is 0 Å². The summed E-state index contributed by atoms with van der Waals surface area (Å²) in [5.41, 5.74) is 8.12. The van der Waals surface area contributed by atoms with Crippen LogP contribution in [-0.4, -0.2) is 27.9 Å². The lowest BCUT2D eigenvalue weighted by molar-refractivity contribution is 0.227. The van der Waals surface area contributed by atoms with Gasteiger partial charge in [0.1, 0.15) is 11.9 Å². The van der Waals surface area contributed by atoms with E-state index in [0.717, 1.165) is 37.1 Å². The summed E-state index contributed by atoms with van der Waals surface area (Å²) >= 11 is 12.3. The van der Waals surface area contributed by atoms with Crippen molar-refractivity contribution in [2.75, 3.05) is 18.8 Å². The molecule has 0 aliphatic carbocycles. The highest BCUT2D eigenvalue weighted by Gasteiger charge is 2.21. The third kappa shape index (κ3) is 5.58. The molecule has 11 heteroatoms. The number of hydrogen-bond acceptors (Lipinski definition) is 5. The van der Waals surface area contributed by atoms with E-state index in [1.807, 2.05) is 17.1 Å². The van der Waals surface area contributed by atoms with Crippen molar-refractivity contribution in [3.05, 3.63) is 58.2 Å². The van der Waals surface area contributed by atoms with E-state index in [0.29, 0.717) is 22.4 Å². The number of nitrogens with zero attached hydrogens (tertiary/aromatic N) is 3. The SMILES string of the molecule is C[C@@H](Oc1cc(-c2cnn(C3CCNCC3)c2)cnc1N)c1c(Cl)ccc(F)c1Cl.Cl.Cl. The number of rotatable bonds is 5. The highest BCUT2D eigenvalue weighted by Crippen LogP contribution is 2.37. The van der Waals surface area contributed by atoms with Crippen LogP contribution >= 0.6 is 48.0 Å². The summed E-state index contributed by atoms with van der Waals surface area (Å²) in [7, 11) is 0. The largest absolute Gasteiger partial charge is 0.482 e. The van der Waals surface area contributed by atoms with Gasteiger partial charge >= 0.3 is 0 Å². The van der Waals surface area contributed by atoms with Gasteiger partial charge < -0.3 is 15.8 Å². The molecule has 0 amide bonds. The molecule has 3 N–H and O–H groups in total. The van der Waals surface area contributed by atoms with Crippen LogP contribution < -0.4 is 15.8 Å². The first-order valence-corrected chi connectivity index (χ1v) is 10.5. The van der Waals surface area contributed by atoms with E-state index in [2.05, 4.69) is 15.4 Å². The van der Waals surface area contributed by atoms with Crippen LogP contribution in [0.5, 0.6) is 5.75 Å². The number of anilines is 1. The van der Waals surface area contributed by atoms with E-state index in [-0.39, 0.29) is 35.7 Å². The van der Waals surface area contributed by atoms with Crippen LogP contribution in [0.15, 0.2) is 36.8 Å². The predicted molar refractivity (Wildman–Crippen MR) is 131 cm³/mol. The molecule has 0 saturated carbocycles. The molecule has 1 aliphatic heterocycles. The molecule has 3 heterocycles. The molecule has 1 atom stereocenters. The minimum Gasteiger partial charge on any atom is -0.482 e. The molecule has 32 heavy (non-hydrogen) atoms. The second-order valence-corrected chi connectivity index (χ2v) is 8.10. The summed E-state index contributed by atoms with van der Waals surface area (Å²) in [5, 5.41) is 8.13. The maximum atomic E-state index is 13.9. The molecule has 1 saturated heterocycles. The summed E-state index contributed by atoms with van der Waals surface area (Å²) in [4.78, 5) is 4.25. The summed E-state index contributed by atoms with van der Waals surface area (Å²) in [5.74, 6) is 0.0303. The second-order valence-electron chi connectivity index (χ2n) is 7.31. The highest BCUT2D eigenvalue weighted by molar-refractivity contribution is 6.36. The molecule has 6 nitrogen and oxygen atoms in total. The number of piperidine rings is 1. The van der Waals surface area contributed by atoms with Gasteiger partial charge in [0.05, 0.1) is 17.3 Å². The van der Waals surface area contributed by atoms with Gasteiger partial charge in [-0.1, -0.05) is 23.2 Å². The topological polar surface area (TPSA) is 78.0 Å². The van der Waals surface area contributed by atoms with Crippen molar-refractivity contribution >= 4 is 53.8 Å². The number of pyridine rings is 1. The second kappa shape index (κ2) is 11.4. The molecule has 174 valence electrons. The van der Waals surface area contributed by atoms with E-state index in [4.69, 9.17) is 33.7 Å². The first-order valence-electron chi connectivity index (χ1n) is 9.75. The maximum Gasteiger partial charge on any atom is 0.166 e. The number of halogens is 5. The Balaban J connectivity index is 0.00000181. The minimum atomic E-state index is -0.627. The zero-order valence-electron chi connectivity index (χ0n) is 17.2. The standard InChI is InChI=1S/C21H22Cl2FN5O.2ClH/c1-12(19-16(22)2-3-17(24)20(19)23)30-18-8-13(9-27-21(18)25)14-10-28-29(11-14)15-4-6-26-7-5-15;;/h2-3,8-12,15,26H,4-7H2,1H3,(H2,25,27);2*1H/t12-;;/m1../s1. The first-order chi connectivity index (χ1) is 14.4. The molecule has 4 rings (SSSR count). The molecular formula is C21H24Cl4FN5O. The molecule has 0 radical (unpaired) electrons. The molecule has 1 fully saturated rings. The predicted octanol–water partition coefficient (Wildman–Crippen LogP) is 5.88. The summed E-state index contributed by atoms with van der Waals surface area (Å²) < 4.78 is 21.9. The van der Waals surface area contributed by atoms with Crippen LogP contribution in [0.1, 0.15) is 37.5 Å². The zero-order valence-corrected chi connectivity index (χ0v) is 20.4. The number of nitrogens with one attached hydrogen (secondary N) is 1. The summed E-state index contributed by atoms with van der Waals surface area (Å²) in [6.07, 6.45) is 6.96. The lowest BCUT2D eigenvalue weighted by Crippen LogP contribution is -2.29. The van der Waals surface area contributed by atoms with Crippen molar-refractivity contribution in [3.8, 4) is 16.9 Å². The number of nitrogens with two attached hydrogens (primary N) is 1. The molecule has 2 aromatic heterocycles. The molecule has 0 bridgehead atoms. The molecule has 1 aliphatic rings. The van der Waals surface area contributed by atoms with Crippen molar-refractivity contribution in [1.29, 1.82) is 0 Å². The molecule has 0 spiro atoms. The van der Waals surface area contributed by atoms with Crippen LogP contribution in [0.3, 0.4) is 0 Å². The van der Waals surface area contributed by atoms with Gasteiger partial charge in [-0.15, -0.1) is 24.8 Å². The van der Waals surface area contributed by atoms with E-state index in [9.17, 15) is 4.39 Å². The van der Waals surface area contributed by atoms with Gasteiger partial charge in [0.2, 0.25) is 0 Å². The fraction of sp³-hybridized carbons (Fsp3) is 0.333. The quantitative estimate of drug-likeness (QED) is 0.409. The van der Waals surface area contributed by atoms with E-state index in [1.165, 1.54) is 12.1 Å². The van der Waals surface area contributed by atoms with Gasteiger partial charge in [0.15, 0.2) is 11.6 Å². The number of nitrogen functional groups attached to an aromatic ring is 1. The number of benzene rings is 1. The summed E-state index contributed by atoms with van der Waals surface area (Å²) in [6.45, 7) is 3.71. The normalized spacial score (nSPS) is 14.9. The fourth-order valence-corrected chi connectivity index (χ4v) is 4.31. The Labute approximate surface area is 208 Å². The van der Waals surface area contributed by atoms with Gasteiger partial charge in [0, 0.05) is 34.1 Å². The van der Waals surface area contributed by atoms with E-state index < -0.39 is 11.9 Å². The Morgan fingerprint density at radius 1 is 1.19 bits per heavy atom. The lowest BCUT2D eigenvalue weighted by Gasteiger charge is -2.22. The Bertz CT molecular complexity index is 1060. The van der Waals surface area contributed by atoms with Crippen LogP contribution in [0.25, 0.3) is 11.1 Å². The Morgan fingerprint density at radius 3 is 2.62 bits per heavy atom. The number of ether oxygens (including phenoxy) is 1. The minimum absolute atomic E-state index is 0. The fourth-order valence-electron chi connectivity index (χ4n) is 3.63. The third-order valence-corrected chi connectivity index (χ3v) is 6.00. The Kier molecular flexibility index (Phi) is 9.42. The lowest BCUT2D eigenvalue weighted by atomic mass is 10.1. The average molecular weight is 523 g/mol. The van der Waals surface area contributed by atoms with Gasteiger partial charge in [-0.05, 0) is 51.1 Å². The summed E-state index contributed by atoms with van der Waals surface area (Å²) in [6, 6.07) is 4.85. The highest BCUT2D eigenvalue weighted by atomic mass is 35.5.